The third-order valence-corrected chi connectivity index (χ3v) is 2.12. The minimum Gasteiger partial charge on any atom is -0.377 e. The van der Waals surface area contributed by atoms with Gasteiger partial charge in [-0.1, -0.05) is 0 Å². The van der Waals surface area contributed by atoms with Crippen LogP contribution in [-0.2, 0) is 10.2 Å². The summed E-state index contributed by atoms with van der Waals surface area (Å²) < 4.78 is 18.1. The standard InChI is InChI=1S/C9H7FN2O/c10-7-2-1-3-12-8(7)9(4-11)5-13-6-9/h1-3H,5-6H2. The van der Waals surface area contributed by atoms with Crippen LogP contribution in [0.1, 0.15) is 5.69 Å². The first-order chi connectivity index (χ1) is 6.28. The van der Waals surface area contributed by atoms with Crippen LogP contribution in [0, 0.1) is 17.1 Å². The van der Waals surface area contributed by atoms with Gasteiger partial charge in [0, 0.05) is 6.20 Å². The van der Waals surface area contributed by atoms with Crippen molar-refractivity contribution in [2.45, 2.75) is 5.41 Å². The Labute approximate surface area is 74.8 Å². The molecule has 1 aliphatic rings. The lowest BCUT2D eigenvalue weighted by Gasteiger charge is -2.34. The Kier molecular flexibility index (Phi) is 1.74. The highest BCUT2D eigenvalue weighted by Gasteiger charge is 2.44. The molecule has 0 aliphatic carbocycles. The van der Waals surface area contributed by atoms with E-state index in [1.165, 1.54) is 18.3 Å². The van der Waals surface area contributed by atoms with Crippen molar-refractivity contribution in [3.8, 4) is 6.07 Å². The van der Waals surface area contributed by atoms with Gasteiger partial charge in [-0.05, 0) is 12.1 Å². The minimum atomic E-state index is -0.856. The fourth-order valence-corrected chi connectivity index (χ4v) is 1.30. The van der Waals surface area contributed by atoms with E-state index in [9.17, 15) is 4.39 Å². The van der Waals surface area contributed by atoms with Crippen LogP contribution in [0.5, 0.6) is 0 Å². The molecule has 0 amide bonds. The van der Waals surface area contributed by atoms with E-state index in [1.54, 1.807) is 0 Å². The van der Waals surface area contributed by atoms with Gasteiger partial charge in [-0.3, -0.25) is 4.98 Å². The molecule has 0 radical (unpaired) electrons. The molecule has 0 aromatic carbocycles. The van der Waals surface area contributed by atoms with Gasteiger partial charge in [-0.2, -0.15) is 5.26 Å². The minimum absolute atomic E-state index is 0.198. The lowest BCUT2D eigenvalue weighted by Crippen LogP contribution is -2.46. The normalized spacial score (nSPS) is 18.8. The first-order valence-electron chi connectivity index (χ1n) is 3.88. The Bertz CT molecular complexity index is 368. The second kappa shape index (κ2) is 2.79. The highest BCUT2D eigenvalue weighted by Crippen LogP contribution is 2.31. The molecule has 0 saturated carbocycles. The van der Waals surface area contributed by atoms with Crippen molar-refractivity contribution >= 4 is 0 Å². The average molecular weight is 178 g/mol. The first kappa shape index (κ1) is 8.14. The number of hydrogen-bond acceptors (Lipinski definition) is 3. The first-order valence-corrected chi connectivity index (χ1v) is 3.88. The third-order valence-electron chi connectivity index (χ3n) is 2.12. The summed E-state index contributed by atoms with van der Waals surface area (Å²) in [7, 11) is 0. The lowest BCUT2D eigenvalue weighted by molar-refractivity contribution is -0.0334. The van der Waals surface area contributed by atoms with E-state index in [0.29, 0.717) is 0 Å². The zero-order chi connectivity index (χ0) is 9.31. The second-order valence-electron chi connectivity index (χ2n) is 3.02. The Morgan fingerprint density at radius 1 is 1.62 bits per heavy atom. The quantitative estimate of drug-likeness (QED) is 0.644. The highest BCUT2D eigenvalue weighted by atomic mass is 19.1. The summed E-state index contributed by atoms with van der Waals surface area (Å²) in [4.78, 5) is 3.87. The van der Waals surface area contributed by atoms with Crippen molar-refractivity contribution in [2.75, 3.05) is 13.2 Å². The van der Waals surface area contributed by atoms with Crippen molar-refractivity contribution < 1.29 is 9.13 Å². The van der Waals surface area contributed by atoms with Crippen LogP contribution >= 0.6 is 0 Å². The molecule has 1 aromatic heterocycles. The van der Waals surface area contributed by atoms with E-state index < -0.39 is 11.2 Å². The SMILES string of the molecule is N#CC1(c2ncccc2F)COC1. The maximum atomic E-state index is 13.2. The summed E-state index contributed by atoms with van der Waals surface area (Å²) in [6.07, 6.45) is 1.48. The van der Waals surface area contributed by atoms with Gasteiger partial charge >= 0.3 is 0 Å². The zero-order valence-corrected chi connectivity index (χ0v) is 6.83. The van der Waals surface area contributed by atoms with Crippen LogP contribution in [0.4, 0.5) is 4.39 Å². The van der Waals surface area contributed by atoms with Crippen molar-refractivity contribution in [1.29, 1.82) is 5.26 Å². The summed E-state index contributed by atoms with van der Waals surface area (Å²) >= 11 is 0. The summed E-state index contributed by atoms with van der Waals surface area (Å²) in [5, 5.41) is 8.88. The fraction of sp³-hybridized carbons (Fsp3) is 0.333. The monoisotopic (exact) mass is 178 g/mol. The molecule has 13 heavy (non-hydrogen) atoms. The molecule has 1 fully saturated rings. The smallest absolute Gasteiger partial charge is 0.148 e. The average Bonchev–Trinajstić information content (AvgIpc) is 2.07. The second-order valence-corrected chi connectivity index (χ2v) is 3.02. The number of nitrogens with zero attached hydrogens (tertiary/aromatic N) is 2. The Morgan fingerprint density at radius 3 is 2.85 bits per heavy atom. The molecular weight excluding hydrogens is 171 g/mol. The topological polar surface area (TPSA) is 45.9 Å². The number of rotatable bonds is 1. The lowest BCUT2D eigenvalue weighted by atomic mass is 9.83. The van der Waals surface area contributed by atoms with Crippen molar-refractivity contribution in [3.63, 3.8) is 0 Å². The van der Waals surface area contributed by atoms with Crippen LogP contribution in [0.3, 0.4) is 0 Å². The van der Waals surface area contributed by atoms with Crippen LogP contribution in [0.25, 0.3) is 0 Å². The summed E-state index contributed by atoms with van der Waals surface area (Å²) in [6, 6.07) is 4.85. The number of halogens is 1. The van der Waals surface area contributed by atoms with Crippen LogP contribution in [0.2, 0.25) is 0 Å². The van der Waals surface area contributed by atoms with E-state index in [4.69, 9.17) is 10.00 Å². The van der Waals surface area contributed by atoms with Gasteiger partial charge < -0.3 is 4.74 Å². The van der Waals surface area contributed by atoms with Crippen LogP contribution in [0.15, 0.2) is 18.3 Å². The fourth-order valence-electron chi connectivity index (χ4n) is 1.30. The van der Waals surface area contributed by atoms with E-state index in [-0.39, 0.29) is 18.9 Å². The van der Waals surface area contributed by atoms with Crippen molar-refractivity contribution in [2.24, 2.45) is 0 Å². The van der Waals surface area contributed by atoms with Crippen molar-refractivity contribution in [1.82, 2.24) is 4.98 Å². The molecule has 2 heterocycles. The summed E-state index contributed by atoms with van der Waals surface area (Å²) in [5.74, 6) is -0.438. The molecule has 3 nitrogen and oxygen atoms in total. The largest absolute Gasteiger partial charge is 0.377 e. The number of nitriles is 1. The van der Waals surface area contributed by atoms with Gasteiger partial charge in [-0.25, -0.2) is 4.39 Å². The molecular formula is C9H7FN2O. The van der Waals surface area contributed by atoms with Gasteiger partial charge in [0.25, 0.3) is 0 Å². The van der Waals surface area contributed by atoms with Gasteiger partial charge in [0.15, 0.2) is 0 Å². The Hall–Kier alpha value is -1.47. The number of aromatic nitrogens is 1. The van der Waals surface area contributed by atoms with E-state index in [1.807, 2.05) is 6.07 Å². The molecule has 0 unspecified atom stereocenters. The summed E-state index contributed by atoms with van der Waals surface area (Å²) in [6.45, 7) is 0.467. The van der Waals surface area contributed by atoms with Crippen LogP contribution < -0.4 is 0 Å². The Morgan fingerprint density at radius 2 is 2.38 bits per heavy atom. The number of pyridine rings is 1. The van der Waals surface area contributed by atoms with Gasteiger partial charge in [0.05, 0.1) is 19.3 Å². The molecule has 0 bridgehead atoms. The van der Waals surface area contributed by atoms with Gasteiger partial charge in [0.1, 0.15) is 16.9 Å². The summed E-state index contributed by atoms with van der Waals surface area (Å²) in [5.41, 5.74) is -0.658. The van der Waals surface area contributed by atoms with Crippen LogP contribution in [-0.4, -0.2) is 18.2 Å². The van der Waals surface area contributed by atoms with E-state index >= 15 is 0 Å². The molecule has 0 spiro atoms. The van der Waals surface area contributed by atoms with Gasteiger partial charge in [0.2, 0.25) is 0 Å². The van der Waals surface area contributed by atoms with Gasteiger partial charge in [-0.15, -0.1) is 0 Å². The highest BCUT2D eigenvalue weighted by molar-refractivity contribution is 5.30. The molecule has 1 aliphatic heterocycles. The molecule has 1 aromatic rings. The zero-order valence-electron chi connectivity index (χ0n) is 6.83. The molecule has 0 N–H and O–H groups in total. The molecule has 66 valence electrons. The predicted octanol–water partition coefficient (Wildman–Crippen LogP) is 1.01. The molecule has 0 atom stereocenters. The number of hydrogen-bond donors (Lipinski definition) is 0. The Balaban J connectivity index is 2.46. The molecule has 1 saturated heterocycles. The maximum Gasteiger partial charge on any atom is 0.148 e. The predicted molar refractivity (Wildman–Crippen MR) is 42.3 cm³/mol. The maximum absolute atomic E-state index is 13.2. The third kappa shape index (κ3) is 1.09. The molecule has 2 rings (SSSR count). The van der Waals surface area contributed by atoms with Crippen molar-refractivity contribution in [3.05, 3.63) is 29.8 Å². The van der Waals surface area contributed by atoms with E-state index in [0.717, 1.165) is 0 Å². The molecule has 4 heteroatoms. The van der Waals surface area contributed by atoms with E-state index in [2.05, 4.69) is 4.98 Å². The number of ether oxygens (including phenoxy) is 1.